The second kappa shape index (κ2) is 29.0. The van der Waals surface area contributed by atoms with Gasteiger partial charge in [-0.15, -0.1) is 0 Å². The van der Waals surface area contributed by atoms with E-state index in [0.717, 1.165) is 95.7 Å². The number of hydrogen-bond donors (Lipinski definition) is 4. The molecule has 3 unspecified atom stereocenters. The number of para-hydroxylation sites is 1. The Morgan fingerprint density at radius 3 is 1.27 bits per heavy atom. The summed E-state index contributed by atoms with van der Waals surface area (Å²) < 4.78 is 123. The van der Waals surface area contributed by atoms with Crippen molar-refractivity contribution in [2.75, 3.05) is 68.3 Å². The molecule has 7 aromatic rings. The topological polar surface area (TPSA) is 337 Å². The molecule has 115 heavy (non-hydrogen) atoms. The van der Waals surface area contributed by atoms with E-state index in [4.69, 9.17) is 54.1 Å². The number of likely N-dealkylation sites (tertiary alicyclic amines) is 5. The second-order valence-electron chi connectivity index (χ2n) is 31.8. The van der Waals surface area contributed by atoms with Crippen LogP contribution in [-0.2, 0) is 116 Å². The van der Waals surface area contributed by atoms with Gasteiger partial charge in [0.05, 0.1) is 99.3 Å². The molecule has 28 nitrogen and oxygen atoms in total. The van der Waals surface area contributed by atoms with Crippen molar-refractivity contribution in [3.63, 3.8) is 0 Å². The van der Waals surface area contributed by atoms with Crippen LogP contribution >= 0.6 is 0 Å². The van der Waals surface area contributed by atoms with E-state index in [-0.39, 0.29) is 61.2 Å². The number of amides is 5. The first kappa shape index (κ1) is 77.1. The summed E-state index contributed by atoms with van der Waals surface area (Å²) in [6.07, 6.45) is 6.30. The molecule has 12 atom stereocenters. The summed E-state index contributed by atoms with van der Waals surface area (Å²) in [5, 5.41) is 19.7. The van der Waals surface area contributed by atoms with Gasteiger partial charge in [0.2, 0.25) is 5.75 Å². The largest absolute Gasteiger partial charge is 0.453 e. The third-order valence-electron chi connectivity index (χ3n) is 26.8. The number of halogens is 2. The first-order chi connectivity index (χ1) is 55.3. The molecule has 32 heteroatoms. The van der Waals surface area contributed by atoms with Crippen LogP contribution in [0.2, 0.25) is 0 Å². The molecule has 7 aliphatic carbocycles. The number of rotatable bonds is 12. The minimum atomic E-state index is -4.84. The van der Waals surface area contributed by atoms with E-state index in [9.17, 15) is 49.6 Å². The monoisotopic (exact) mass is 1610 g/mol. The van der Waals surface area contributed by atoms with E-state index < -0.39 is 96.0 Å². The number of benzene rings is 7. The first-order valence-corrected chi connectivity index (χ1v) is 41.7. The third kappa shape index (κ3) is 12.4. The van der Waals surface area contributed by atoms with E-state index in [2.05, 4.69) is 50.6 Å². The normalized spacial score (nSPS) is 28.9. The van der Waals surface area contributed by atoms with Crippen molar-refractivity contribution in [2.24, 2.45) is 32.1 Å². The maximum absolute atomic E-state index is 14.5. The molecule has 5 amide bonds. The van der Waals surface area contributed by atoms with Gasteiger partial charge in [0.25, 0.3) is 10.2 Å². The lowest BCUT2D eigenvalue weighted by molar-refractivity contribution is 0.111. The molecule has 5 heterocycles. The van der Waals surface area contributed by atoms with E-state index in [1.807, 2.05) is 78.9 Å². The van der Waals surface area contributed by atoms with Crippen LogP contribution in [0.3, 0.4) is 0 Å². The van der Waals surface area contributed by atoms with Gasteiger partial charge < -0.3 is 58.1 Å². The number of nitrogens with one attached hydrogen (secondary N) is 3. The van der Waals surface area contributed by atoms with E-state index in [0.29, 0.717) is 87.2 Å². The molecule has 5 N–H and O–H groups in total. The number of carbonyl (C=O) groups excluding carboxylic acids is 5. The molecular weight excluding hydrogens is 1520 g/mol. The fourth-order valence-corrected chi connectivity index (χ4v) is 24.7. The Labute approximate surface area is 664 Å². The van der Waals surface area contributed by atoms with Gasteiger partial charge in [0, 0.05) is 32.7 Å². The third-order valence-corrected chi connectivity index (χ3v) is 29.1. The fraction of sp³-hybridized carbons (Fsp3) is 0.434. The molecule has 0 radical (unpaired) electrons. The zero-order chi connectivity index (χ0) is 80.4. The molecule has 0 bridgehead atoms. The van der Waals surface area contributed by atoms with Crippen molar-refractivity contribution in [3.8, 4) is 5.75 Å². The van der Waals surface area contributed by atoms with Crippen LogP contribution < -0.4 is 24.1 Å². The lowest BCUT2D eigenvalue weighted by Crippen LogP contribution is -2.59. The number of methoxy groups -OCH3 is 5. The molecule has 12 aliphatic rings. The Balaban J connectivity index is 0.000000138. The van der Waals surface area contributed by atoms with Crippen LogP contribution in [0.1, 0.15) is 118 Å². The highest BCUT2D eigenvalue weighted by atomic mass is 32.2. The lowest BCUT2D eigenvalue weighted by Gasteiger charge is -2.37. The Hall–Kier alpha value is -10.5. The standard InChI is InChI=1S/C38H42N6O6S.C32H31F2N5O7S.C13H16N2O2/c1-49-34(45)43-19-17-37(29-13-6-4-10-25(29)22-32(37)43)40-39-31-15-7-14-30-27(31)23-33-38(30,18-20-44(33)35(46)50-2)42-51(47,48)41-36-16-8-11-26(36)21-24-9-3-5-12-28(24)36;1-44-29(40)38-15-13-31(21-8-4-3-7-19(21)17-26(31)38)36-35-25-12-5-9-22-20(25)18-27-32(22,14-16-39(27)30(41)45-2)37-47(42,43)46-28-23(33)10-6-11-24(28)34;1-17-12(16)15-7-6-13(14)10-5-3-2-4-9(10)8-11(13)15/h3-7,9-10,12-15,26,32-33,41-42H,8,11,16-23H2,1-2H3;3-12,26-27,37H,13-18H2,1-2H3;2-5,11H,6-8,14H2,1H3/t26?,32?,33?,36-,37-,38-;26-,27-,31-,32-;11-,13-/m001/s1. The molecule has 6 fully saturated rings. The van der Waals surface area contributed by atoms with Crippen LogP contribution in [0, 0.1) is 17.6 Å². The van der Waals surface area contributed by atoms with Crippen molar-refractivity contribution in [2.45, 2.75) is 153 Å². The predicted octanol–water partition coefficient (Wildman–Crippen LogP) is 11.4. The van der Waals surface area contributed by atoms with Crippen molar-refractivity contribution in [1.29, 1.82) is 0 Å². The Bertz CT molecular complexity index is 5420. The lowest BCUT2D eigenvalue weighted by atomic mass is 9.88. The number of azo groups is 2. The first-order valence-electron chi connectivity index (χ1n) is 38.8. The maximum Gasteiger partial charge on any atom is 0.409 e. The number of nitrogens with zero attached hydrogens (tertiary/aromatic N) is 9. The average molecular weight is 1610 g/mol. The molecule has 602 valence electrons. The van der Waals surface area contributed by atoms with Gasteiger partial charge in [-0.2, -0.15) is 51.5 Å². The summed E-state index contributed by atoms with van der Waals surface area (Å²) in [5.74, 6) is -3.26. The van der Waals surface area contributed by atoms with Gasteiger partial charge in [-0.05, 0) is 180 Å². The maximum atomic E-state index is 14.5. The number of hydrogen-bond acceptors (Lipinski definition) is 20. The number of ether oxygens (including phenoxy) is 5. The van der Waals surface area contributed by atoms with Crippen molar-refractivity contribution >= 4 is 62.4 Å². The number of carbonyl (C=O) groups is 5. The minimum Gasteiger partial charge on any atom is -0.453 e. The molecule has 7 aromatic carbocycles. The van der Waals surface area contributed by atoms with Gasteiger partial charge in [0.15, 0.2) is 11.6 Å². The van der Waals surface area contributed by atoms with E-state index in [1.165, 1.54) is 57.1 Å². The van der Waals surface area contributed by atoms with Gasteiger partial charge in [-0.25, -0.2) is 32.8 Å². The van der Waals surface area contributed by atoms with Gasteiger partial charge in [-0.3, -0.25) is 0 Å². The van der Waals surface area contributed by atoms with E-state index in [1.54, 1.807) is 37.8 Å². The highest BCUT2D eigenvalue weighted by Crippen LogP contribution is 2.58. The second-order valence-corrected chi connectivity index (χ2v) is 34.5. The van der Waals surface area contributed by atoms with Crippen LogP contribution in [-0.4, -0.2) is 170 Å². The highest BCUT2D eigenvalue weighted by molar-refractivity contribution is 7.87. The molecule has 0 spiro atoms. The fourth-order valence-electron chi connectivity index (χ4n) is 21.8. The molecule has 5 saturated heterocycles. The van der Waals surface area contributed by atoms with Crippen LogP contribution in [0.25, 0.3) is 0 Å². The van der Waals surface area contributed by atoms with Crippen molar-refractivity contribution < 1.29 is 77.5 Å². The zero-order valence-electron chi connectivity index (χ0n) is 64.1. The summed E-state index contributed by atoms with van der Waals surface area (Å²) in [5.41, 5.74) is 14.2. The van der Waals surface area contributed by atoms with Crippen LogP contribution in [0.15, 0.2) is 172 Å². The summed E-state index contributed by atoms with van der Waals surface area (Å²) in [6.45, 7) is 2.10. The Kier molecular flexibility index (Phi) is 19.5. The Morgan fingerprint density at radius 1 is 0.409 bits per heavy atom. The Morgan fingerprint density at radius 2 is 0.783 bits per heavy atom. The predicted molar refractivity (Wildman–Crippen MR) is 413 cm³/mol. The van der Waals surface area contributed by atoms with Gasteiger partial charge >= 0.3 is 40.8 Å². The quantitative estimate of drug-likeness (QED) is 0.0652. The summed E-state index contributed by atoms with van der Waals surface area (Å²) in [4.78, 5) is 71.4. The average Bonchev–Trinajstić information content (AvgIpc) is 1.09. The van der Waals surface area contributed by atoms with Gasteiger partial charge in [-0.1, -0.05) is 134 Å². The van der Waals surface area contributed by atoms with Crippen LogP contribution in [0.4, 0.5) is 44.1 Å². The summed E-state index contributed by atoms with van der Waals surface area (Å²) >= 11 is 0. The molecule has 5 aliphatic heterocycles. The number of nitrogens with two attached hydrogens (primary N) is 1. The number of fused-ring (bicyclic) bond motifs is 18. The van der Waals surface area contributed by atoms with Crippen molar-refractivity contribution in [3.05, 3.63) is 230 Å². The molecule has 19 rings (SSSR count). The molecular formula is C83H89F2N13O15S2. The molecule has 1 saturated carbocycles. The van der Waals surface area contributed by atoms with Gasteiger partial charge in [0.1, 0.15) is 11.1 Å². The smallest absolute Gasteiger partial charge is 0.409 e. The molecule has 0 aromatic heterocycles. The SMILES string of the molecule is COC(=O)N1CC[C@@]2(N)c3ccccc3C[C@@H]12.COC(=O)N1CC[C@]2(N=Nc3cccc4c3CC3N(C(=O)OC)CC[C@]43NS(=O)(=O)N[C@@]34CCCC3Cc3ccccc34)c3ccccc3CC12.COC(=O)N1CC[C@]2(N=Nc3cccc4c3C[C@@H]3N(C(=O)OC)CC[C@]43NS(=O)(=O)Oc3c(F)cccc3F)c3ccccc3C[C@H]12. The minimum absolute atomic E-state index is 0.0485. The van der Waals surface area contributed by atoms with Crippen LogP contribution in [0.5, 0.6) is 5.75 Å². The summed E-state index contributed by atoms with van der Waals surface area (Å²) in [6, 6.07) is 44.3. The highest BCUT2D eigenvalue weighted by Gasteiger charge is 2.63. The van der Waals surface area contributed by atoms with E-state index >= 15 is 0 Å². The summed E-state index contributed by atoms with van der Waals surface area (Å²) in [7, 11) is -2.21. The van der Waals surface area contributed by atoms with Crippen molar-refractivity contribution in [1.82, 2.24) is 38.7 Å². The zero-order valence-corrected chi connectivity index (χ0v) is 65.8.